The van der Waals surface area contributed by atoms with Crippen LogP contribution in [0.1, 0.15) is 51.5 Å². The van der Waals surface area contributed by atoms with Crippen molar-refractivity contribution in [2.75, 3.05) is 23.7 Å². The lowest BCUT2D eigenvalue weighted by Gasteiger charge is -2.31. The van der Waals surface area contributed by atoms with Crippen LogP contribution in [0.3, 0.4) is 0 Å². The van der Waals surface area contributed by atoms with Crippen molar-refractivity contribution in [2.45, 2.75) is 58.5 Å². The van der Waals surface area contributed by atoms with Crippen molar-refractivity contribution in [3.63, 3.8) is 0 Å². The number of unbranched alkanes of at least 4 members (excludes halogenated alkanes) is 1. The molecule has 2 aromatic rings. The van der Waals surface area contributed by atoms with Gasteiger partial charge in [-0.05, 0) is 55.2 Å². The summed E-state index contributed by atoms with van der Waals surface area (Å²) in [6, 6.07) is 11.0. The molecule has 0 aromatic heterocycles. The molecule has 0 fully saturated rings. The summed E-state index contributed by atoms with van der Waals surface area (Å²) >= 11 is 18.3. The zero-order valence-electron chi connectivity index (χ0n) is 21.3. The molecule has 0 radical (unpaired) electrons. The average Bonchev–Trinajstić information content (AvgIpc) is 2.84. The van der Waals surface area contributed by atoms with Crippen LogP contribution in [0.5, 0.6) is 0 Å². The van der Waals surface area contributed by atoms with E-state index in [1.54, 1.807) is 23.1 Å². The van der Waals surface area contributed by atoms with Gasteiger partial charge in [0.05, 0.1) is 17.0 Å². The second-order valence-corrected chi connectivity index (χ2v) is 11.9. The number of hydrogen-bond acceptors (Lipinski definition) is 4. The molecule has 0 bridgehead atoms. The van der Waals surface area contributed by atoms with Gasteiger partial charge in [0, 0.05) is 36.1 Å². The zero-order chi connectivity index (χ0) is 27.6. The van der Waals surface area contributed by atoms with Crippen LogP contribution in [0.15, 0.2) is 42.5 Å². The van der Waals surface area contributed by atoms with Crippen LogP contribution >= 0.6 is 34.8 Å². The maximum atomic E-state index is 13.4. The van der Waals surface area contributed by atoms with E-state index in [9.17, 15) is 18.0 Å². The smallest absolute Gasteiger partial charge is 0.242 e. The molecule has 0 aliphatic heterocycles. The summed E-state index contributed by atoms with van der Waals surface area (Å²) in [6.45, 7) is 4.69. The SMILES string of the molecule is CCCCNC(=O)C(CC)N(Cc1ccc(Cl)cc1)C(=O)CCCN(c1cc(Cl)ccc1Cl)S(C)(=O)=O. The van der Waals surface area contributed by atoms with Gasteiger partial charge in [0.15, 0.2) is 0 Å². The number of nitrogens with one attached hydrogen (secondary N) is 1. The molecular weight excluding hydrogens is 557 g/mol. The van der Waals surface area contributed by atoms with E-state index in [0.717, 1.165) is 29.0 Å². The number of amides is 2. The molecule has 0 spiro atoms. The summed E-state index contributed by atoms with van der Waals surface area (Å²) in [7, 11) is -3.69. The number of anilines is 1. The third kappa shape index (κ3) is 9.67. The zero-order valence-corrected chi connectivity index (χ0v) is 24.4. The molecule has 0 aliphatic rings. The molecule has 2 rings (SSSR count). The number of carbonyl (C=O) groups excluding carboxylic acids is 2. The van der Waals surface area contributed by atoms with Gasteiger partial charge in [-0.3, -0.25) is 13.9 Å². The largest absolute Gasteiger partial charge is 0.354 e. The van der Waals surface area contributed by atoms with E-state index in [1.165, 1.54) is 12.1 Å². The van der Waals surface area contributed by atoms with Crippen LogP contribution in [0.4, 0.5) is 5.69 Å². The Balaban J connectivity index is 2.22. The normalized spacial score (nSPS) is 12.2. The highest BCUT2D eigenvalue weighted by molar-refractivity contribution is 7.92. The number of carbonyl (C=O) groups is 2. The van der Waals surface area contributed by atoms with Crippen molar-refractivity contribution < 1.29 is 18.0 Å². The Morgan fingerprint density at radius 3 is 2.22 bits per heavy atom. The molecule has 0 heterocycles. The van der Waals surface area contributed by atoms with Crippen molar-refractivity contribution >= 4 is 62.3 Å². The molecule has 1 atom stereocenters. The topological polar surface area (TPSA) is 86.8 Å². The number of nitrogens with zero attached hydrogens (tertiary/aromatic N) is 2. The van der Waals surface area contributed by atoms with E-state index < -0.39 is 16.1 Å². The third-order valence-electron chi connectivity index (χ3n) is 5.81. The first-order chi connectivity index (χ1) is 17.5. The predicted octanol–water partition coefficient (Wildman–Crippen LogP) is 5.92. The van der Waals surface area contributed by atoms with E-state index >= 15 is 0 Å². The van der Waals surface area contributed by atoms with Crippen molar-refractivity contribution in [1.29, 1.82) is 0 Å². The average molecular weight is 591 g/mol. The summed E-state index contributed by atoms with van der Waals surface area (Å²) in [4.78, 5) is 28.0. The highest BCUT2D eigenvalue weighted by Crippen LogP contribution is 2.31. The summed E-state index contributed by atoms with van der Waals surface area (Å²) < 4.78 is 26.2. The van der Waals surface area contributed by atoms with Gasteiger partial charge < -0.3 is 10.2 Å². The van der Waals surface area contributed by atoms with Crippen LogP contribution in [0, 0.1) is 0 Å². The van der Waals surface area contributed by atoms with Crippen LogP contribution in [-0.4, -0.2) is 50.5 Å². The lowest BCUT2D eigenvalue weighted by Crippen LogP contribution is -2.49. The highest BCUT2D eigenvalue weighted by Gasteiger charge is 2.29. The van der Waals surface area contributed by atoms with Crippen molar-refractivity contribution in [1.82, 2.24) is 10.2 Å². The quantitative estimate of drug-likeness (QED) is 0.277. The maximum Gasteiger partial charge on any atom is 0.242 e. The van der Waals surface area contributed by atoms with E-state index in [2.05, 4.69) is 5.32 Å². The Morgan fingerprint density at radius 1 is 0.973 bits per heavy atom. The molecule has 37 heavy (non-hydrogen) atoms. The summed E-state index contributed by atoms with van der Waals surface area (Å²) in [6.07, 6.45) is 3.56. The molecule has 11 heteroatoms. The Morgan fingerprint density at radius 2 is 1.62 bits per heavy atom. The van der Waals surface area contributed by atoms with Crippen molar-refractivity contribution in [2.24, 2.45) is 0 Å². The fourth-order valence-electron chi connectivity index (χ4n) is 3.87. The molecule has 7 nitrogen and oxygen atoms in total. The van der Waals surface area contributed by atoms with E-state index in [-0.39, 0.29) is 48.5 Å². The molecule has 0 aliphatic carbocycles. The fourth-order valence-corrected chi connectivity index (χ4v) is 5.40. The Kier molecular flexibility index (Phi) is 12.5. The number of sulfonamides is 1. The van der Waals surface area contributed by atoms with Gasteiger partial charge in [-0.25, -0.2) is 8.42 Å². The first-order valence-corrected chi connectivity index (χ1v) is 15.2. The van der Waals surface area contributed by atoms with E-state index in [1.807, 2.05) is 26.0 Å². The molecule has 2 aromatic carbocycles. The Labute approximate surface area is 235 Å². The van der Waals surface area contributed by atoms with Gasteiger partial charge in [-0.15, -0.1) is 0 Å². The minimum atomic E-state index is -3.69. The standard InChI is InChI=1S/C26H34Cl3N3O4S/c1-4-6-15-30-26(34)23(5-2)31(18-19-9-11-20(27)12-10-19)25(33)8-7-16-32(37(3,35)36)24-17-21(28)13-14-22(24)29/h9-14,17,23H,4-8,15-16,18H2,1-3H3,(H,30,34). The Hall–Kier alpha value is -2.00. The lowest BCUT2D eigenvalue weighted by molar-refractivity contribution is -0.141. The van der Waals surface area contributed by atoms with Crippen LogP contribution in [0.25, 0.3) is 0 Å². The van der Waals surface area contributed by atoms with E-state index in [0.29, 0.717) is 23.0 Å². The molecule has 2 amide bonds. The number of benzene rings is 2. The fraction of sp³-hybridized carbons (Fsp3) is 0.462. The van der Waals surface area contributed by atoms with Gasteiger partial charge in [0.25, 0.3) is 0 Å². The first kappa shape index (κ1) is 31.2. The monoisotopic (exact) mass is 589 g/mol. The molecule has 0 saturated carbocycles. The number of halogens is 3. The second-order valence-electron chi connectivity index (χ2n) is 8.75. The number of hydrogen-bond donors (Lipinski definition) is 1. The van der Waals surface area contributed by atoms with Crippen LogP contribution in [0.2, 0.25) is 15.1 Å². The van der Waals surface area contributed by atoms with Gasteiger partial charge in [-0.1, -0.05) is 67.2 Å². The first-order valence-electron chi connectivity index (χ1n) is 12.2. The molecule has 1 N–H and O–H groups in total. The van der Waals surface area contributed by atoms with Gasteiger partial charge >= 0.3 is 0 Å². The second kappa shape index (κ2) is 14.8. The lowest BCUT2D eigenvalue weighted by atomic mass is 10.1. The molecule has 204 valence electrons. The predicted molar refractivity (Wildman–Crippen MR) is 152 cm³/mol. The van der Waals surface area contributed by atoms with Gasteiger partial charge in [0.1, 0.15) is 6.04 Å². The van der Waals surface area contributed by atoms with Crippen LogP contribution in [-0.2, 0) is 26.2 Å². The minimum Gasteiger partial charge on any atom is -0.354 e. The third-order valence-corrected chi connectivity index (χ3v) is 7.80. The molecule has 0 saturated heterocycles. The minimum absolute atomic E-state index is 0.0267. The molecule has 1 unspecified atom stereocenters. The van der Waals surface area contributed by atoms with Crippen LogP contribution < -0.4 is 9.62 Å². The Bertz CT molecular complexity index is 1160. The van der Waals surface area contributed by atoms with Crippen molar-refractivity contribution in [3.8, 4) is 0 Å². The summed E-state index contributed by atoms with van der Waals surface area (Å²) in [5.74, 6) is -0.459. The number of rotatable bonds is 14. The van der Waals surface area contributed by atoms with Crippen molar-refractivity contribution in [3.05, 3.63) is 63.1 Å². The summed E-state index contributed by atoms with van der Waals surface area (Å²) in [5.41, 5.74) is 1.09. The molecular formula is C26H34Cl3N3O4S. The van der Waals surface area contributed by atoms with Gasteiger partial charge in [0.2, 0.25) is 21.8 Å². The maximum absolute atomic E-state index is 13.4. The summed E-state index contributed by atoms with van der Waals surface area (Å²) in [5, 5.41) is 4.08. The highest BCUT2D eigenvalue weighted by atomic mass is 35.5. The van der Waals surface area contributed by atoms with E-state index in [4.69, 9.17) is 34.8 Å². The van der Waals surface area contributed by atoms with Gasteiger partial charge in [-0.2, -0.15) is 0 Å².